The summed E-state index contributed by atoms with van der Waals surface area (Å²) in [5.74, 6) is 1.23. The molecule has 1 atom stereocenters. The van der Waals surface area contributed by atoms with E-state index in [0.717, 1.165) is 12.0 Å². The molecule has 2 N–H and O–H groups in total. The average Bonchev–Trinajstić information content (AvgIpc) is 2.85. The van der Waals surface area contributed by atoms with Gasteiger partial charge in [0.15, 0.2) is 0 Å². The summed E-state index contributed by atoms with van der Waals surface area (Å²) in [6.07, 6.45) is 3.60. The van der Waals surface area contributed by atoms with Gasteiger partial charge in [0, 0.05) is 22.9 Å². The minimum absolute atomic E-state index is 0.0390. The van der Waals surface area contributed by atoms with Crippen molar-refractivity contribution in [1.29, 1.82) is 0 Å². The smallest absolute Gasteiger partial charge is 0.228 e. The van der Waals surface area contributed by atoms with Gasteiger partial charge >= 0.3 is 0 Å². The van der Waals surface area contributed by atoms with Crippen LogP contribution in [0.3, 0.4) is 0 Å². The van der Waals surface area contributed by atoms with Crippen LogP contribution in [0.5, 0.6) is 0 Å². The fraction of sp³-hybridized carbons (Fsp3) is 0.500. The highest BCUT2D eigenvalue weighted by molar-refractivity contribution is 7.98. The quantitative estimate of drug-likeness (QED) is 0.852. The molecule has 4 nitrogen and oxygen atoms in total. The zero-order chi connectivity index (χ0) is 15.5. The first-order valence-corrected chi connectivity index (χ1v) is 8.32. The van der Waals surface area contributed by atoms with Crippen molar-refractivity contribution in [3.63, 3.8) is 0 Å². The van der Waals surface area contributed by atoms with Gasteiger partial charge in [-0.05, 0) is 42.4 Å². The SMILES string of the molecule is CSc1ccc(-c2noc(CC(N)CC(C)(C)C)n2)cc1. The standard InChI is InChI=1S/C16H23N3OS/c1-16(2,3)10-12(17)9-14-18-15(19-20-14)11-5-7-13(21-4)8-6-11/h5-8,12H,9-10,17H2,1-4H3. The van der Waals surface area contributed by atoms with Gasteiger partial charge in [-0.25, -0.2) is 0 Å². The summed E-state index contributed by atoms with van der Waals surface area (Å²) in [5, 5.41) is 4.04. The summed E-state index contributed by atoms with van der Waals surface area (Å²) >= 11 is 1.71. The molecule has 21 heavy (non-hydrogen) atoms. The van der Waals surface area contributed by atoms with E-state index in [4.69, 9.17) is 10.3 Å². The summed E-state index contributed by atoms with van der Waals surface area (Å²) in [6, 6.07) is 8.17. The Hall–Kier alpha value is -1.33. The lowest BCUT2D eigenvalue weighted by atomic mass is 9.87. The Morgan fingerprint density at radius 2 is 1.90 bits per heavy atom. The minimum atomic E-state index is 0.0390. The number of benzene rings is 1. The molecule has 5 heteroatoms. The number of rotatable bonds is 5. The van der Waals surface area contributed by atoms with Crippen LogP contribution in [-0.2, 0) is 6.42 Å². The number of nitrogens with two attached hydrogens (primary N) is 1. The van der Waals surface area contributed by atoms with E-state index in [9.17, 15) is 0 Å². The highest BCUT2D eigenvalue weighted by Crippen LogP contribution is 2.23. The largest absolute Gasteiger partial charge is 0.339 e. The molecule has 1 heterocycles. The van der Waals surface area contributed by atoms with Crippen LogP contribution in [0.25, 0.3) is 11.4 Å². The van der Waals surface area contributed by atoms with Crippen molar-refractivity contribution in [1.82, 2.24) is 10.1 Å². The highest BCUT2D eigenvalue weighted by atomic mass is 32.2. The Bertz CT molecular complexity index is 572. The van der Waals surface area contributed by atoms with Gasteiger partial charge in [0.25, 0.3) is 0 Å². The van der Waals surface area contributed by atoms with E-state index in [1.165, 1.54) is 4.90 Å². The maximum atomic E-state index is 6.15. The van der Waals surface area contributed by atoms with E-state index in [0.29, 0.717) is 18.1 Å². The molecule has 0 bridgehead atoms. The predicted molar refractivity (Wildman–Crippen MR) is 87.3 cm³/mol. The van der Waals surface area contributed by atoms with Crippen molar-refractivity contribution < 1.29 is 4.52 Å². The molecule has 0 fully saturated rings. The van der Waals surface area contributed by atoms with Gasteiger partial charge in [0.2, 0.25) is 11.7 Å². The number of nitrogens with zero attached hydrogens (tertiary/aromatic N) is 2. The second kappa shape index (κ2) is 6.62. The number of aromatic nitrogens is 2. The maximum absolute atomic E-state index is 6.15. The molecule has 0 saturated carbocycles. The van der Waals surface area contributed by atoms with Gasteiger partial charge in [0.05, 0.1) is 0 Å². The zero-order valence-electron chi connectivity index (χ0n) is 13.1. The first kappa shape index (κ1) is 16.0. The molecule has 1 aromatic carbocycles. The third-order valence-electron chi connectivity index (χ3n) is 3.13. The summed E-state index contributed by atoms with van der Waals surface area (Å²) in [5.41, 5.74) is 7.32. The van der Waals surface area contributed by atoms with Crippen LogP contribution in [0.15, 0.2) is 33.7 Å². The third-order valence-corrected chi connectivity index (χ3v) is 3.87. The van der Waals surface area contributed by atoms with E-state index >= 15 is 0 Å². The van der Waals surface area contributed by atoms with Crippen molar-refractivity contribution in [3.05, 3.63) is 30.2 Å². The van der Waals surface area contributed by atoms with Crippen LogP contribution >= 0.6 is 11.8 Å². The topological polar surface area (TPSA) is 64.9 Å². The third kappa shape index (κ3) is 4.86. The Labute approximate surface area is 130 Å². The fourth-order valence-electron chi connectivity index (χ4n) is 2.28. The lowest BCUT2D eigenvalue weighted by Crippen LogP contribution is -2.28. The highest BCUT2D eigenvalue weighted by Gasteiger charge is 2.18. The lowest BCUT2D eigenvalue weighted by molar-refractivity contribution is 0.313. The fourth-order valence-corrected chi connectivity index (χ4v) is 2.69. The van der Waals surface area contributed by atoms with E-state index < -0.39 is 0 Å². The normalized spacial score (nSPS) is 13.4. The Morgan fingerprint density at radius 3 is 2.48 bits per heavy atom. The van der Waals surface area contributed by atoms with Gasteiger partial charge < -0.3 is 10.3 Å². The molecule has 0 saturated heterocycles. The van der Waals surface area contributed by atoms with Crippen LogP contribution in [0, 0.1) is 5.41 Å². The predicted octanol–water partition coefficient (Wildman–Crippen LogP) is 3.76. The van der Waals surface area contributed by atoms with Crippen LogP contribution in [-0.4, -0.2) is 22.4 Å². The van der Waals surface area contributed by atoms with Crippen LogP contribution in [0.2, 0.25) is 0 Å². The lowest BCUT2D eigenvalue weighted by Gasteiger charge is -2.21. The van der Waals surface area contributed by atoms with Gasteiger partial charge in [-0.1, -0.05) is 25.9 Å². The van der Waals surface area contributed by atoms with E-state index in [1.807, 2.05) is 12.1 Å². The molecular weight excluding hydrogens is 282 g/mol. The molecule has 2 rings (SSSR count). The molecule has 0 aliphatic carbocycles. The van der Waals surface area contributed by atoms with Gasteiger partial charge in [-0.3, -0.25) is 0 Å². The zero-order valence-corrected chi connectivity index (χ0v) is 13.9. The van der Waals surface area contributed by atoms with E-state index in [2.05, 4.69) is 49.3 Å². The summed E-state index contributed by atoms with van der Waals surface area (Å²) in [7, 11) is 0. The Kier molecular flexibility index (Phi) is 5.06. The van der Waals surface area contributed by atoms with Gasteiger partial charge in [0.1, 0.15) is 0 Å². The van der Waals surface area contributed by atoms with E-state index in [-0.39, 0.29) is 11.5 Å². The second-order valence-electron chi connectivity index (χ2n) is 6.47. The Morgan fingerprint density at radius 1 is 1.24 bits per heavy atom. The van der Waals surface area contributed by atoms with Crippen molar-refractivity contribution in [2.24, 2.45) is 11.1 Å². The molecule has 0 aliphatic heterocycles. The molecule has 1 unspecified atom stereocenters. The molecule has 0 spiro atoms. The molecule has 0 amide bonds. The second-order valence-corrected chi connectivity index (χ2v) is 7.35. The minimum Gasteiger partial charge on any atom is -0.339 e. The summed E-state index contributed by atoms with van der Waals surface area (Å²) in [4.78, 5) is 5.66. The van der Waals surface area contributed by atoms with Crippen molar-refractivity contribution in [3.8, 4) is 11.4 Å². The first-order valence-electron chi connectivity index (χ1n) is 7.10. The van der Waals surface area contributed by atoms with Crippen LogP contribution < -0.4 is 5.73 Å². The van der Waals surface area contributed by atoms with Crippen molar-refractivity contribution in [2.75, 3.05) is 6.26 Å². The summed E-state index contributed by atoms with van der Waals surface area (Å²) < 4.78 is 5.31. The molecule has 1 aromatic heterocycles. The number of hydrogen-bond donors (Lipinski definition) is 1. The molecule has 114 valence electrons. The molecular formula is C16H23N3OS. The van der Waals surface area contributed by atoms with Crippen LogP contribution in [0.4, 0.5) is 0 Å². The average molecular weight is 305 g/mol. The Balaban J connectivity index is 2.03. The number of thioether (sulfide) groups is 1. The van der Waals surface area contributed by atoms with Gasteiger partial charge in [-0.2, -0.15) is 4.98 Å². The van der Waals surface area contributed by atoms with Crippen molar-refractivity contribution in [2.45, 2.75) is 44.6 Å². The summed E-state index contributed by atoms with van der Waals surface area (Å²) in [6.45, 7) is 6.54. The van der Waals surface area contributed by atoms with Crippen molar-refractivity contribution >= 4 is 11.8 Å². The first-order chi connectivity index (χ1) is 9.87. The molecule has 0 radical (unpaired) electrons. The van der Waals surface area contributed by atoms with Crippen LogP contribution in [0.1, 0.15) is 33.1 Å². The monoisotopic (exact) mass is 305 g/mol. The van der Waals surface area contributed by atoms with Gasteiger partial charge in [-0.15, -0.1) is 11.8 Å². The molecule has 0 aliphatic rings. The maximum Gasteiger partial charge on any atom is 0.228 e. The number of hydrogen-bond acceptors (Lipinski definition) is 5. The van der Waals surface area contributed by atoms with E-state index in [1.54, 1.807) is 11.8 Å². The molecule has 2 aromatic rings.